The first-order chi connectivity index (χ1) is 12.9. The Labute approximate surface area is 166 Å². The fraction of sp³-hybridized carbons (Fsp3) is 0.600. The molecule has 27 heavy (non-hydrogen) atoms. The molecule has 1 aromatic carbocycles. The maximum Gasteiger partial charge on any atom is 0.317 e. The highest BCUT2D eigenvalue weighted by molar-refractivity contribution is 6.31. The van der Waals surface area contributed by atoms with E-state index in [0.29, 0.717) is 24.7 Å². The van der Waals surface area contributed by atoms with Crippen LogP contribution in [0.4, 0.5) is 4.79 Å². The summed E-state index contributed by atoms with van der Waals surface area (Å²) < 4.78 is 0. The number of carbonyl (C=O) groups is 2. The molecular weight excluding hydrogens is 366 g/mol. The Hall–Kier alpha value is -1.79. The zero-order valence-corrected chi connectivity index (χ0v) is 16.9. The maximum atomic E-state index is 12.8. The molecule has 2 amide bonds. The van der Waals surface area contributed by atoms with Crippen LogP contribution in [0.1, 0.15) is 45.1 Å². The molecule has 150 valence electrons. The minimum absolute atomic E-state index is 0.0525. The van der Waals surface area contributed by atoms with Crippen molar-refractivity contribution in [3.63, 3.8) is 0 Å². The molecule has 1 fully saturated rings. The van der Waals surface area contributed by atoms with Crippen LogP contribution in [0.25, 0.3) is 0 Å². The summed E-state index contributed by atoms with van der Waals surface area (Å²) in [5, 5.41) is 12.8. The van der Waals surface area contributed by atoms with Gasteiger partial charge in [-0.05, 0) is 37.4 Å². The molecule has 0 atom stereocenters. The highest BCUT2D eigenvalue weighted by atomic mass is 35.5. The Kier molecular flexibility index (Phi) is 8.38. The lowest BCUT2D eigenvalue weighted by Crippen LogP contribution is -2.56. The molecule has 0 radical (unpaired) electrons. The Balaban J connectivity index is 1.89. The molecular formula is C20H30ClN3O3. The largest absolute Gasteiger partial charge is 0.480 e. The van der Waals surface area contributed by atoms with E-state index < -0.39 is 5.97 Å². The number of unbranched alkanes of at least 4 members (excludes halogenated alkanes) is 1. The van der Waals surface area contributed by atoms with E-state index >= 15 is 0 Å². The number of hydrogen-bond acceptors (Lipinski definition) is 3. The molecule has 1 aromatic rings. The van der Waals surface area contributed by atoms with Crippen LogP contribution in [-0.4, -0.2) is 58.6 Å². The highest BCUT2D eigenvalue weighted by Crippen LogP contribution is 2.26. The fourth-order valence-electron chi connectivity index (χ4n) is 3.38. The normalized spacial score (nSPS) is 18.8. The lowest BCUT2D eigenvalue weighted by Gasteiger charge is -2.42. The van der Waals surface area contributed by atoms with E-state index in [0.717, 1.165) is 31.2 Å². The molecule has 0 heterocycles. The number of urea groups is 1. The van der Waals surface area contributed by atoms with Crippen molar-refractivity contribution >= 4 is 23.6 Å². The Morgan fingerprint density at radius 1 is 1.26 bits per heavy atom. The van der Waals surface area contributed by atoms with Gasteiger partial charge in [0.05, 0.1) is 6.54 Å². The molecule has 0 aromatic heterocycles. The van der Waals surface area contributed by atoms with Crippen molar-refractivity contribution in [2.24, 2.45) is 0 Å². The molecule has 0 bridgehead atoms. The van der Waals surface area contributed by atoms with Crippen LogP contribution in [0, 0.1) is 0 Å². The highest BCUT2D eigenvalue weighted by Gasteiger charge is 2.35. The first kappa shape index (κ1) is 21.5. The molecule has 0 saturated heterocycles. The van der Waals surface area contributed by atoms with Gasteiger partial charge in [-0.2, -0.15) is 0 Å². The van der Waals surface area contributed by atoms with Gasteiger partial charge in [-0.15, -0.1) is 0 Å². The number of benzene rings is 1. The summed E-state index contributed by atoms with van der Waals surface area (Å²) >= 11 is 6.25. The predicted molar refractivity (Wildman–Crippen MR) is 107 cm³/mol. The van der Waals surface area contributed by atoms with Crippen molar-refractivity contribution in [2.45, 2.75) is 58.2 Å². The van der Waals surface area contributed by atoms with E-state index in [4.69, 9.17) is 16.7 Å². The Bertz CT molecular complexity index is 635. The topological polar surface area (TPSA) is 72.9 Å². The van der Waals surface area contributed by atoms with Gasteiger partial charge in [-0.3, -0.25) is 9.69 Å². The molecule has 1 aliphatic rings. The van der Waals surface area contributed by atoms with Gasteiger partial charge in [-0.25, -0.2) is 4.79 Å². The SMILES string of the molecule is CCCCN(Cc1ccccc1Cl)C(=O)NC1CC(N(CC)CC(=O)O)C1. The second kappa shape index (κ2) is 10.5. The number of hydrogen-bond donors (Lipinski definition) is 2. The van der Waals surface area contributed by atoms with Crippen molar-refractivity contribution < 1.29 is 14.7 Å². The summed E-state index contributed by atoms with van der Waals surface area (Å²) in [7, 11) is 0. The minimum atomic E-state index is -0.810. The first-order valence-corrected chi connectivity index (χ1v) is 10.1. The number of halogens is 1. The van der Waals surface area contributed by atoms with Gasteiger partial charge < -0.3 is 15.3 Å². The third-order valence-corrected chi connectivity index (χ3v) is 5.46. The number of amides is 2. The zero-order valence-electron chi connectivity index (χ0n) is 16.2. The van der Waals surface area contributed by atoms with Crippen LogP contribution in [0.2, 0.25) is 5.02 Å². The lowest BCUT2D eigenvalue weighted by molar-refractivity contribution is -0.139. The summed E-state index contributed by atoms with van der Waals surface area (Å²) in [6.45, 7) is 5.99. The number of rotatable bonds is 10. The number of nitrogens with zero attached hydrogens (tertiary/aromatic N) is 2. The van der Waals surface area contributed by atoms with Crippen molar-refractivity contribution in [3.05, 3.63) is 34.9 Å². The van der Waals surface area contributed by atoms with Crippen molar-refractivity contribution in [1.29, 1.82) is 0 Å². The van der Waals surface area contributed by atoms with E-state index in [-0.39, 0.29) is 24.7 Å². The number of carboxylic acids is 1. The Morgan fingerprint density at radius 3 is 2.56 bits per heavy atom. The van der Waals surface area contributed by atoms with Crippen LogP contribution in [0.15, 0.2) is 24.3 Å². The summed E-state index contributed by atoms with van der Waals surface area (Å²) in [4.78, 5) is 27.5. The van der Waals surface area contributed by atoms with Gasteiger partial charge in [0.25, 0.3) is 0 Å². The second-order valence-corrected chi connectivity index (χ2v) is 7.50. The van der Waals surface area contributed by atoms with E-state index in [1.54, 1.807) is 0 Å². The monoisotopic (exact) mass is 395 g/mol. The molecule has 2 rings (SSSR count). The van der Waals surface area contributed by atoms with E-state index in [1.807, 2.05) is 41.0 Å². The van der Waals surface area contributed by atoms with Gasteiger partial charge in [0.2, 0.25) is 0 Å². The number of likely N-dealkylation sites (N-methyl/N-ethyl adjacent to an activating group) is 1. The third kappa shape index (κ3) is 6.40. The summed E-state index contributed by atoms with van der Waals surface area (Å²) in [6, 6.07) is 7.84. The third-order valence-electron chi connectivity index (χ3n) is 5.09. The van der Waals surface area contributed by atoms with Gasteiger partial charge in [0, 0.05) is 30.2 Å². The summed E-state index contributed by atoms with van der Waals surface area (Å²) in [5.41, 5.74) is 0.940. The average Bonchev–Trinajstić information content (AvgIpc) is 2.60. The van der Waals surface area contributed by atoms with Crippen LogP contribution in [-0.2, 0) is 11.3 Å². The van der Waals surface area contributed by atoms with Gasteiger partial charge in [0.1, 0.15) is 0 Å². The molecule has 6 nitrogen and oxygen atoms in total. The van der Waals surface area contributed by atoms with Gasteiger partial charge >= 0.3 is 12.0 Å². The maximum absolute atomic E-state index is 12.8. The van der Waals surface area contributed by atoms with Crippen LogP contribution < -0.4 is 5.32 Å². The zero-order chi connectivity index (χ0) is 19.8. The first-order valence-electron chi connectivity index (χ1n) is 9.69. The number of carbonyl (C=O) groups excluding carboxylic acids is 1. The molecule has 0 unspecified atom stereocenters. The smallest absolute Gasteiger partial charge is 0.317 e. The van der Waals surface area contributed by atoms with Gasteiger partial charge in [-0.1, -0.05) is 50.1 Å². The summed E-state index contributed by atoms with van der Waals surface area (Å²) in [5.74, 6) is -0.810. The van der Waals surface area contributed by atoms with Crippen LogP contribution in [0.5, 0.6) is 0 Å². The second-order valence-electron chi connectivity index (χ2n) is 7.09. The van der Waals surface area contributed by atoms with E-state index in [2.05, 4.69) is 12.2 Å². The van der Waals surface area contributed by atoms with Crippen molar-refractivity contribution in [3.8, 4) is 0 Å². The quantitative estimate of drug-likeness (QED) is 0.635. The molecule has 1 saturated carbocycles. The number of nitrogens with one attached hydrogen (secondary N) is 1. The van der Waals surface area contributed by atoms with Gasteiger partial charge in [0.15, 0.2) is 0 Å². The predicted octanol–water partition coefficient (Wildman–Crippen LogP) is 3.59. The summed E-state index contributed by atoms with van der Waals surface area (Å²) in [6.07, 6.45) is 3.53. The fourth-order valence-corrected chi connectivity index (χ4v) is 3.57. The standard InChI is InChI=1S/C20H30ClN3O3/c1-3-5-10-24(13-15-8-6-7-9-18(15)21)20(27)22-16-11-17(12-16)23(4-2)14-19(25)26/h6-9,16-17H,3-5,10-14H2,1-2H3,(H,22,27)(H,25,26). The van der Waals surface area contributed by atoms with Crippen LogP contribution in [0.3, 0.4) is 0 Å². The molecule has 7 heteroatoms. The average molecular weight is 396 g/mol. The Morgan fingerprint density at radius 2 is 1.96 bits per heavy atom. The molecule has 0 spiro atoms. The van der Waals surface area contributed by atoms with Crippen molar-refractivity contribution in [1.82, 2.24) is 15.1 Å². The lowest BCUT2D eigenvalue weighted by atomic mass is 9.85. The molecule has 0 aliphatic heterocycles. The van der Waals surface area contributed by atoms with Crippen LogP contribution >= 0.6 is 11.6 Å². The molecule has 2 N–H and O–H groups in total. The van der Waals surface area contributed by atoms with E-state index in [9.17, 15) is 9.59 Å². The van der Waals surface area contributed by atoms with E-state index in [1.165, 1.54) is 0 Å². The minimum Gasteiger partial charge on any atom is -0.480 e. The number of carboxylic acid groups (broad SMARTS) is 1. The number of aliphatic carboxylic acids is 1. The molecule has 1 aliphatic carbocycles. The van der Waals surface area contributed by atoms with Crippen molar-refractivity contribution in [2.75, 3.05) is 19.6 Å².